The first-order chi connectivity index (χ1) is 7.20. The van der Waals surface area contributed by atoms with E-state index in [1.165, 1.54) is 6.07 Å². The molecular formula is C10H5ClO4. The predicted octanol–water partition coefficient (Wildman–Crippen LogP) is 3.24. The van der Waals surface area contributed by atoms with Gasteiger partial charge in [0, 0.05) is 5.39 Å². The lowest BCUT2D eigenvalue weighted by Gasteiger charge is -2.08. The van der Waals surface area contributed by atoms with Crippen LogP contribution in [0.4, 0.5) is 0 Å². The SMILES string of the molecule is Oc1c2cccc(O)c2c(Cl)c2ooc12. The molecule has 0 aliphatic carbocycles. The van der Waals surface area contributed by atoms with Crippen LogP contribution in [0.2, 0.25) is 5.02 Å². The van der Waals surface area contributed by atoms with Gasteiger partial charge in [-0.2, -0.15) is 0 Å². The average Bonchev–Trinajstić information content (AvgIpc) is 2.13. The van der Waals surface area contributed by atoms with Crippen LogP contribution in [0, 0.1) is 0 Å². The van der Waals surface area contributed by atoms with Gasteiger partial charge in [-0.3, -0.25) is 9.15 Å². The van der Waals surface area contributed by atoms with Crippen molar-refractivity contribution in [3.63, 3.8) is 0 Å². The Labute approximate surface area is 88.2 Å². The molecule has 3 rings (SSSR count). The van der Waals surface area contributed by atoms with Gasteiger partial charge in [0.1, 0.15) is 10.8 Å². The van der Waals surface area contributed by atoms with Gasteiger partial charge in [-0.1, -0.05) is 23.7 Å². The minimum atomic E-state index is -0.0773. The van der Waals surface area contributed by atoms with E-state index in [0.29, 0.717) is 10.8 Å². The van der Waals surface area contributed by atoms with E-state index in [1.54, 1.807) is 12.1 Å². The lowest BCUT2D eigenvalue weighted by molar-refractivity contribution is 0.0570. The molecule has 1 heterocycles. The Morgan fingerprint density at radius 1 is 1.07 bits per heavy atom. The topological polar surface area (TPSA) is 66.7 Å². The zero-order chi connectivity index (χ0) is 10.6. The maximum Gasteiger partial charge on any atom is 0.269 e. The van der Waals surface area contributed by atoms with Gasteiger partial charge in [0.15, 0.2) is 5.75 Å². The molecule has 0 saturated heterocycles. The van der Waals surface area contributed by atoms with Crippen LogP contribution in [-0.2, 0) is 0 Å². The number of fused-ring (bicyclic) bond motifs is 2. The van der Waals surface area contributed by atoms with Crippen LogP contribution in [-0.4, -0.2) is 10.2 Å². The molecule has 1 aromatic heterocycles. The lowest BCUT2D eigenvalue weighted by atomic mass is 10.1. The van der Waals surface area contributed by atoms with Crippen LogP contribution in [0.15, 0.2) is 27.4 Å². The second kappa shape index (κ2) is 2.61. The maximum absolute atomic E-state index is 9.76. The number of hydrogen-bond donors (Lipinski definition) is 2. The molecule has 0 radical (unpaired) electrons. The smallest absolute Gasteiger partial charge is 0.269 e. The standard InChI is InChI=1S/C10H5ClO4/c11-7-6-4(2-1-3-5(6)12)8(13)10-9(7)14-15-10/h1-3,12-13H. The van der Waals surface area contributed by atoms with Crippen molar-refractivity contribution < 1.29 is 19.4 Å². The molecule has 0 atom stereocenters. The molecule has 4 nitrogen and oxygen atoms in total. The maximum atomic E-state index is 9.76. The third kappa shape index (κ3) is 0.915. The summed E-state index contributed by atoms with van der Waals surface area (Å²) >= 11 is 5.98. The van der Waals surface area contributed by atoms with Crippen LogP contribution in [0.5, 0.6) is 11.5 Å². The molecule has 3 aromatic rings. The van der Waals surface area contributed by atoms with Gasteiger partial charge in [0.2, 0.25) is 5.58 Å². The largest absolute Gasteiger partial charge is 0.507 e. The van der Waals surface area contributed by atoms with Crippen molar-refractivity contribution in [2.24, 2.45) is 0 Å². The number of hydrogen-bond acceptors (Lipinski definition) is 4. The van der Waals surface area contributed by atoms with Gasteiger partial charge in [0.05, 0.1) is 5.39 Å². The summed E-state index contributed by atoms with van der Waals surface area (Å²) in [6, 6.07) is 4.73. The molecule has 0 spiro atoms. The number of phenols is 2. The molecule has 0 aliphatic rings. The van der Waals surface area contributed by atoms with Crippen LogP contribution in [0.1, 0.15) is 0 Å². The highest BCUT2D eigenvalue weighted by Crippen LogP contribution is 2.45. The predicted molar refractivity (Wildman–Crippen MR) is 54.3 cm³/mol. The summed E-state index contributed by atoms with van der Waals surface area (Å²) in [4.78, 5) is 0. The Morgan fingerprint density at radius 2 is 1.80 bits per heavy atom. The van der Waals surface area contributed by atoms with Crippen LogP contribution in [0.25, 0.3) is 21.9 Å². The molecule has 0 bridgehead atoms. The van der Waals surface area contributed by atoms with Crippen molar-refractivity contribution in [2.45, 2.75) is 0 Å². The Hall–Kier alpha value is -1.81. The normalized spacial score (nSPS) is 11.5. The molecule has 76 valence electrons. The van der Waals surface area contributed by atoms with E-state index < -0.39 is 0 Å². The highest BCUT2D eigenvalue weighted by atomic mass is 35.5. The van der Waals surface area contributed by atoms with Gasteiger partial charge in [-0.05, 0) is 6.07 Å². The molecule has 0 fully saturated rings. The van der Waals surface area contributed by atoms with E-state index in [0.717, 1.165) is 0 Å². The Kier molecular flexibility index (Phi) is 1.48. The highest BCUT2D eigenvalue weighted by Gasteiger charge is 2.21. The van der Waals surface area contributed by atoms with Crippen LogP contribution < -0.4 is 0 Å². The van der Waals surface area contributed by atoms with Gasteiger partial charge >= 0.3 is 0 Å². The van der Waals surface area contributed by atoms with Gasteiger partial charge < -0.3 is 10.2 Å². The van der Waals surface area contributed by atoms with Crippen LogP contribution in [0.3, 0.4) is 0 Å². The van der Waals surface area contributed by atoms with Gasteiger partial charge in [0.25, 0.3) is 5.58 Å². The molecule has 0 saturated carbocycles. The fourth-order valence-electron chi connectivity index (χ4n) is 1.61. The van der Waals surface area contributed by atoms with E-state index in [-0.39, 0.29) is 27.7 Å². The quantitative estimate of drug-likeness (QED) is 0.575. The highest BCUT2D eigenvalue weighted by molar-refractivity contribution is 6.41. The lowest BCUT2D eigenvalue weighted by Crippen LogP contribution is -1.84. The first-order valence-electron chi connectivity index (χ1n) is 4.21. The van der Waals surface area contributed by atoms with Crippen molar-refractivity contribution in [2.75, 3.05) is 0 Å². The summed E-state index contributed by atoms with van der Waals surface area (Å²) in [5.74, 6) is -0.0855. The number of rotatable bonds is 0. The van der Waals surface area contributed by atoms with E-state index in [2.05, 4.69) is 9.15 Å². The number of halogens is 1. The van der Waals surface area contributed by atoms with Crippen LogP contribution >= 0.6 is 11.6 Å². The summed E-state index contributed by atoms with van der Waals surface area (Å²) in [5, 5.41) is 20.4. The van der Waals surface area contributed by atoms with Crippen molar-refractivity contribution >= 4 is 33.5 Å². The fourth-order valence-corrected chi connectivity index (χ4v) is 1.93. The van der Waals surface area contributed by atoms with Gasteiger partial charge in [-0.15, -0.1) is 0 Å². The summed E-state index contributed by atoms with van der Waals surface area (Å²) in [6.07, 6.45) is 0. The van der Waals surface area contributed by atoms with Crippen molar-refractivity contribution in [1.29, 1.82) is 0 Å². The third-order valence-electron chi connectivity index (χ3n) is 2.35. The summed E-state index contributed by atoms with van der Waals surface area (Å²) in [6.45, 7) is 0. The minimum Gasteiger partial charge on any atom is -0.507 e. The fraction of sp³-hybridized carbons (Fsp3) is 0. The zero-order valence-electron chi connectivity index (χ0n) is 7.32. The first-order valence-corrected chi connectivity index (χ1v) is 4.58. The van der Waals surface area contributed by atoms with Crippen molar-refractivity contribution in [3.05, 3.63) is 23.2 Å². The molecule has 2 N–H and O–H groups in total. The monoisotopic (exact) mass is 224 g/mol. The average molecular weight is 225 g/mol. The van der Waals surface area contributed by atoms with E-state index >= 15 is 0 Å². The molecule has 2 aromatic carbocycles. The molecule has 15 heavy (non-hydrogen) atoms. The second-order valence-corrected chi connectivity index (χ2v) is 3.57. The minimum absolute atomic E-state index is 0.00824. The Bertz CT molecular complexity index is 665. The van der Waals surface area contributed by atoms with Crippen molar-refractivity contribution in [1.82, 2.24) is 0 Å². The number of aromatic hydroxyl groups is 2. The molecule has 0 amide bonds. The summed E-state index contributed by atoms with van der Waals surface area (Å²) in [5.41, 5.74) is 0.460. The molecular weight excluding hydrogens is 220 g/mol. The Balaban J connectivity index is 2.66. The molecule has 0 aliphatic heterocycles. The third-order valence-corrected chi connectivity index (χ3v) is 2.71. The van der Waals surface area contributed by atoms with E-state index in [1.807, 2.05) is 0 Å². The van der Waals surface area contributed by atoms with Gasteiger partial charge in [-0.25, -0.2) is 0 Å². The zero-order valence-corrected chi connectivity index (χ0v) is 8.08. The summed E-state index contributed by atoms with van der Waals surface area (Å²) in [7, 11) is 0. The molecule has 5 heteroatoms. The summed E-state index contributed by atoms with van der Waals surface area (Å²) < 4.78 is 9.27. The number of benzene rings is 2. The number of phenolic OH excluding ortho intramolecular Hbond substituents is 2. The second-order valence-electron chi connectivity index (χ2n) is 3.19. The van der Waals surface area contributed by atoms with E-state index in [9.17, 15) is 10.2 Å². The Morgan fingerprint density at radius 3 is 2.47 bits per heavy atom. The van der Waals surface area contributed by atoms with E-state index in [4.69, 9.17) is 11.6 Å². The molecule has 0 unspecified atom stereocenters. The first kappa shape index (κ1) is 8.49. The van der Waals surface area contributed by atoms with Crippen molar-refractivity contribution in [3.8, 4) is 11.5 Å².